The van der Waals surface area contributed by atoms with Crippen molar-refractivity contribution in [2.24, 2.45) is 0 Å². The molecule has 6 heteroatoms. The average molecular weight is 305 g/mol. The zero-order chi connectivity index (χ0) is 15.2. The van der Waals surface area contributed by atoms with Crippen LogP contribution in [0.5, 0.6) is 6.01 Å². The Hall–Kier alpha value is -1.59. The molecule has 0 saturated heterocycles. The maximum absolute atomic E-state index is 5.23. The quantitative estimate of drug-likeness (QED) is 0.869. The Balaban J connectivity index is 1.67. The Morgan fingerprint density at radius 2 is 1.18 bits per heavy atom. The normalized spacial score (nSPS) is 20.6. The third kappa shape index (κ3) is 4.21. The average Bonchev–Trinajstić information content (AvgIpc) is 2.56. The van der Waals surface area contributed by atoms with Crippen molar-refractivity contribution in [1.29, 1.82) is 0 Å². The lowest BCUT2D eigenvalue weighted by molar-refractivity contribution is 0.378. The Bertz CT molecular complexity index is 431. The monoisotopic (exact) mass is 305 g/mol. The molecule has 2 aliphatic rings. The molecule has 2 saturated carbocycles. The molecule has 0 unspecified atom stereocenters. The molecule has 122 valence electrons. The Morgan fingerprint density at radius 1 is 0.727 bits per heavy atom. The Morgan fingerprint density at radius 3 is 1.59 bits per heavy atom. The molecule has 0 radical (unpaired) electrons. The van der Waals surface area contributed by atoms with Gasteiger partial charge in [-0.15, -0.1) is 0 Å². The smallest absolute Gasteiger partial charge is 0.322 e. The standard InChI is InChI=1S/C16H27N5O/c1-22-16-20-14(17-12-8-4-2-5-9-12)19-15(21-16)18-13-10-6-3-7-11-13/h12-13H,2-11H2,1H3,(H2,17,18,19,20,21). The van der Waals surface area contributed by atoms with E-state index in [2.05, 4.69) is 25.6 Å². The van der Waals surface area contributed by atoms with Crippen LogP contribution in [0, 0.1) is 0 Å². The number of nitrogens with zero attached hydrogens (tertiary/aromatic N) is 3. The van der Waals surface area contributed by atoms with Gasteiger partial charge in [-0.1, -0.05) is 38.5 Å². The predicted octanol–water partition coefficient (Wildman–Crippen LogP) is 3.37. The summed E-state index contributed by atoms with van der Waals surface area (Å²) in [4.78, 5) is 13.2. The van der Waals surface area contributed by atoms with Crippen molar-refractivity contribution in [2.75, 3.05) is 17.7 Å². The lowest BCUT2D eigenvalue weighted by Gasteiger charge is -2.24. The summed E-state index contributed by atoms with van der Waals surface area (Å²) in [5.74, 6) is 1.27. The zero-order valence-electron chi connectivity index (χ0n) is 13.5. The topological polar surface area (TPSA) is 72.0 Å². The molecule has 1 aromatic heterocycles. The number of nitrogens with one attached hydrogen (secondary N) is 2. The third-order valence-corrected chi connectivity index (χ3v) is 4.67. The summed E-state index contributed by atoms with van der Waals surface area (Å²) in [6, 6.07) is 1.33. The largest absolute Gasteiger partial charge is 0.467 e. The Labute approximate surface area is 132 Å². The van der Waals surface area contributed by atoms with Crippen molar-refractivity contribution in [3.63, 3.8) is 0 Å². The number of anilines is 2. The number of aromatic nitrogens is 3. The van der Waals surface area contributed by atoms with E-state index < -0.39 is 0 Å². The van der Waals surface area contributed by atoms with Gasteiger partial charge >= 0.3 is 6.01 Å². The maximum Gasteiger partial charge on any atom is 0.322 e. The summed E-state index contributed by atoms with van der Waals surface area (Å²) < 4.78 is 5.23. The second kappa shape index (κ2) is 7.61. The first-order chi connectivity index (χ1) is 10.8. The van der Waals surface area contributed by atoms with Crippen LogP contribution in [0.25, 0.3) is 0 Å². The van der Waals surface area contributed by atoms with Crippen molar-refractivity contribution < 1.29 is 4.74 Å². The molecule has 1 aromatic rings. The highest BCUT2D eigenvalue weighted by molar-refractivity contribution is 5.37. The molecule has 0 atom stereocenters. The van der Waals surface area contributed by atoms with Gasteiger partial charge in [-0.2, -0.15) is 15.0 Å². The van der Waals surface area contributed by atoms with Crippen molar-refractivity contribution in [3.05, 3.63) is 0 Å². The molecule has 22 heavy (non-hydrogen) atoms. The van der Waals surface area contributed by atoms with Crippen LogP contribution in [-0.2, 0) is 0 Å². The van der Waals surface area contributed by atoms with Gasteiger partial charge in [-0.05, 0) is 25.7 Å². The first kappa shape index (κ1) is 15.3. The highest BCUT2D eigenvalue weighted by Gasteiger charge is 2.18. The summed E-state index contributed by atoms with van der Waals surface area (Å²) in [5, 5.41) is 6.90. The summed E-state index contributed by atoms with van der Waals surface area (Å²) >= 11 is 0. The van der Waals surface area contributed by atoms with Gasteiger partial charge in [0.2, 0.25) is 11.9 Å². The molecule has 6 nitrogen and oxygen atoms in total. The highest BCUT2D eigenvalue weighted by atomic mass is 16.5. The van der Waals surface area contributed by atoms with Crippen molar-refractivity contribution in [1.82, 2.24) is 15.0 Å². The van der Waals surface area contributed by atoms with Crippen molar-refractivity contribution >= 4 is 11.9 Å². The highest BCUT2D eigenvalue weighted by Crippen LogP contribution is 2.23. The van der Waals surface area contributed by atoms with E-state index in [1.807, 2.05) is 0 Å². The van der Waals surface area contributed by atoms with E-state index in [1.54, 1.807) is 7.11 Å². The summed E-state index contributed by atoms with van der Waals surface area (Å²) in [6.07, 6.45) is 12.6. The number of ether oxygens (including phenoxy) is 1. The number of hydrogen-bond donors (Lipinski definition) is 2. The minimum atomic E-state index is 0.381. The minimum absolute atomic E-state index is 0.381. The molecule has 0 bridgehead atoms. The van der Waals surface area contributed by atoms with E-state index >= 15 is 0 Å². The molecule has 2 N–H and O–H groups in total. The molecule has 1 heterocycles. The van der Waals surface area contributed by atoms with Gasteiger partial charge in [-0.25, -0.2) is 0 Å². The molecule has 0 spiro atoms. The van der Waals surface area contributed by atoms with Crippen molar-refractivity contribution in [3.8, 4) is 6.01 Å². The van der Waals surface area contributed by atoms with E-state index in [1.165, 1.54) is 64.2 Å². The first-order valence-electron chi connectivity index (χ1n) is 8.66. The van der Waals surface area contributed by atoms with E-state index in [0.717, 1.165) is 0 Å². The lowest BCUT2D eigenvalue weighted by Crippen LogP contribution is -2.26. The van der Waals surface area contributed by atoms with Crippen LogP contribution in [-0.4, -0.2) is 34.1 Å². The summed E-state index contributed by atoms with van der Waals surface area (Å²) in [6.45, 7) is 0. The van der Waals surface area contributed by atoms with E-state index in [0.29, 0.717) is 30.0 Å². The van der Waals surface area contributed by atoms with Gasteiger partial charge in [0.15, 0.2) is 0 Å². The number of methoxy groups -OCH3 is 1. The fraction of sp³-hybridized carbons (Fsp3) is 0.812. The third-order valence-electron chi connectivity index (χ3n) is 4.67. The SMILES string of the molecule is COc1nc(NC2CCCCC2)nc(NC2CCCCC2)n1. The van der Waals surface area contributed by atoms with Gasteiger partial charge in [0.05, 0.1) is 7.11 Å². The van der Waals surface area contributed by atoms with Crippen LogP contribution < -0.4 is 15.4 Å². The van der Waals surface area contributed by atoms with Crippen molar-refractivity contribution in [2.45, 2.75) is 76.3 Å². The van der Waals surface area contributed by atoms with Gasteiger partial charge in [0, 0.05) is 12.1 Å². The maximum atomic E-state index is 5.23. The first-order valence-corrected chi connectivity index (χ1v) is 8.66. The van der Waals surface area contributed by atoms with Gasteiger partial charge < -0.3 is 15.4 Å². The van der Waals surface area contributed by atoms with E-state index in [4.69, 9.17) is 4.74 Å². The van der Waals surface area contributed by atoms with E-state index in [9.17, 15) is 0 Å². The molecule has 0 amide bonds. The molecule has 0 aromatic carbocycles. The predicted molar refractivity (Wildman–Crippen MR) is 87.4 cm³/mol. The second-order valence-electron chi connectivity index (χ2n) is 6.43. The van der Waals surface area contributed by atoms with Gasteiger partial charge in [-0.3, -0.25) is 0 Å². The fourth-order valence-corrected chi connectivity index (χ4v) is 3.44. The summed E-state index contributed by atoms with van der Waals surface area (Å²) in [7, 11) is 1.60. The number of hydrogen-bond acceptors (Lipinski definition) is 6. The molecular weight excluding hydrogens is 278 g/mol. The Kier molecular flexibility index (Phi) is 5.29. The molecule has 2 aliphatic carbocycles. The molecule has 0 aliphatic heterocycles. The molecular formula is C16H27N5O. The van der Waals surface area contributed by atoms with Crippen LogP contribution in [0.3, 0.4) is 0 Å². The van der Waals surface area contributed by atoms with Crippen LogP contribution in [0.1, 0.15) is 64.2 Å². The van der Waals surface area contributed by atoms with Crippen LogP contribution in [0.4, 0.5) is 11.9 Å². The van der Waals surface area contributed by atoms with Gasteiger partial charge in [0.1, 0.15) is 0 Å². The van der Waals surface area contributed by atoms with Crippen LogP contribution in [0.15, 0.2) is 0 Å². The zero-order valence-corrected chi connectivity index (χ0v) is 13.5. The van der Waals surface area contributed by atoms with E-state index in [-0.39, 0.29) is 0 Å². The fourth-order valence-electron chi connectivity index (χ4n) is 3.44. The number of rotatable bonds is 5. The molecule has 3 rings (SSSR count). The second-order valence-corrected chi connectivity index (χ2v) is 6.43. The minimum Gasteiger partial charge on any atom is -0.467 e. The molecule has 2 fully saturated rings. The van der Waals surface area contributed by atoms with Gasteiger partial charge in [0.25, 0.3) is 0 Å². The summed E-state index contributed by atoms with van der Waals surface area (Å²) in [5.41, 5.74) is 0. The van der Waals surface area contributed by atoms with Crippen LogP contribution >= 0.6 is 0 Å². The van der Waals surface area contributed by atoms with Crippen LogP contribution in [0.2, 0.25) is 0 Å². The lowest BCUT2D eigenvalue weighted by atomic mass is 9.96.